The highest BCUT2D eigenvalue weighted by molar-refractivity contribution is 7.89. The van der Waals surface area contributed by atoms with Gasteiger partial charge in [0.25, 0.3) is 0 Å². The summed E-state index contributed by atoms with van der Waals surface area (Å²) in [5, 5.41) is 0. The van der Waals surface area contributed by atoms with Crippen LogP contribution in [0.15, 0.2) is 0 Å². The van der Waals surface area contributed by atoms with Gasteiger partial charge in [0, 0.05) is 6.66 Å². The van der Waals surface area contributed by atoms with Crippen molar-refractivity contribution in [1.82, 2.24) is 0 Å². The molecule has 2 N–H and O–H groups in total. The molecular weight excluding hydrogens is 177 g/mol. The standard InChI is InChI=1S/C2H9BO5P2/c1-3-9(2,4)8-10(5,6)7/h3H,1-2H3,(H2,5,6,7). The van der Waals surface area contributed by atoms with Gasteiger partial charge in [-0.25, -0.2) is 8.88 Å². The first-order chi connectivity index (χ1) is 4.27. The summed E-state index contributed by atoms with van der Waals surface area (Å²) in [6, 6.07) is 0. The van der Waals surface area contributed by atoms with Crippen molar-refractivity contribution >= 4 is 22.1 Å². The van der Waals surface area contributed by atoms with Crippen molar-refractivity contribution in [2.24, 2.45) is 0 Å². The van der Waals surface area contributed by atoms with E-state index in [0.717, 1.165) is 0 Å². The molecule has 0 rings (SSSR count). The van der Waals surface area contributed by atoms with Crippen LogP contribution < -0.4 is 0 Å². The molecule has 0 saturated carbocycles. The highest BCUT2D eigenvalue weighted by Crippen LogP contribution is 2.55. The van der Waals surface area contributed by atoms with Gasteiger partial charge in [0.05, 0.1) is 0 Å². The highest BCUT2D eigenvalue weighted by Gasteiger charge is 2.26. The zero-order valence-electron chi connectivity index (χ0n) is 5.72. The summed E-state index contributed by atoms with van der Waals surface area (Å²) >= 11 is 0. The van der Waals surface area contributed by atoms with Crippen LogP contribution in [0.4, 0.5) is 0 Å². The lowest BCUT2D eigenvalue weighted by molar-refractivity contribution is 0.287. The molecule has 0 amide bonds. The summed E-state index contributed by atoms with van der Waals surface area (Å²) in [5.41, 5.74) is 0. The van der Waals surface area contributed by atoms with Gasteiger partial charge in [-0.1, -0.05) is 6.82 Å². The average Bonchev–Trinajstić information content (AvgIpc) is 1.60. The van der Waals surface area contributed by atoms with Crippen molar-refractivity contribution in [1.29, 1.82) is 0 Å². The maximum Gasteiger partial charge on any atom is 0.474 e. The molecule has 5 nitrogen and oxygen atoms in total. The first kappa shape index (κ1) is 10.4. The van der Waals surface area contributed by atoms with Crippen LogP contribution in [0.1, 0.15) is 0 Å². The van der Waals surface area contributed by atoms with E-state index in [4.69, 9.17) is 9.79 Å². The van der Waals surface area contributed by atoms with Crippen molar-refractivity contribution in [2.75, 3.05) is 6.66 Å². The number of phosphoric acid groups is 1. The van der Waals surface area contributed by atoms with E-state index in [1.165, 1.54) is 13.5 Å². The van der Waals surface area contributed by atoms with E-state index in [2.05, 4.69) is 4.31 Å². The van der Waals surface area contributed by atoms with E-state index >= 15 is 0 Å². The molecule has 0 aromatic heterocycles. The summed E-state index contributed by atoms with van der Waals surface area (Å²) in [7, 11) is -7.62. The maximum atomic E-state index is 10.9. The number of hydrogen-bond donors (Lipinski definition) is 2. The summed E-state index contributed by atoms with van der Waals surface area (Å²) in [6.45, 7) is 2.85. The Morgan fingerprint density at radius 1 is 1.40 bits per heavy atom. The smallest absolute Gasteiger partial charge is 0.304 e. The Morgan fingerprint density at radius 3 is 1.90 bits per heavy atom. The van der Waals surface area contributed by atoms with Gasteiger partial charge in [-0.3, -0.25) is 0 Å². The largest absolute Gasteiger partial charge is 0.474 e. The van der Waals surface area contributed by atoms with Crippen LogP contribution in [-0.4, -0.2) is 23.5 Å². The van der Waals surface area contributed by atoms with E-state index in [9.17, 15) is 9.13 Å². The maximum absolute atomic E-state index is 10.9. The minimum atomic E-state index is -4.57. The molecule has 0 aliphatic heterocycles. The molecule has 0 bridgehead atoms. The molecule has 0 fully saturated rings. The molecule has 0 heterocycles. The van der Waals surface area contributed by atoms with Gasteiger partial charge in [-0.05, 0) is 0 Å². The summed E-state index contributed by atoms with van der Waals surface area (Å²) in [5.74, 6) is 0. The van der Waals surface area contributed by atoms with Crippen LogP contribution in [0, 0.1) is 0 Å². The van der Waals surface area contributed by atoms with E-state index in [1.807, 2.05) is 0 Å². The van der Waals surface area contributed by atoms with E-state index in [0.29, 0.717) is 0 Å². The Bertz CT molecular complexity index is 196. The van der Waals surface area contributed by atoms with E-state index in [-0.39, 0.29) is 7.00 Å². The molecule has 1 unspecified atom stereocenters. The van der Waals surface area contributed by atoms with Crippen molar-refractivity contribution in [3.05, 3.63) is 0 Å². The van der Waals surface area contributed by atoms with E-state index in [1.54, 1.807) is 0 Å². The zero-order chi connectivity index (χ0) is 8.41. The Kier molecular flexibility index (Phi) is 3.33. The highest BCUT2D eigenvalue weighted by atomic mass is 31.3. The second kappa shape index (κ2) is 3.20. The van der Waals surface area contributed by atoms with Gasteiger partial charge in [-0.15, -0.1) is 0 Å². The Balaban J connectivity index is 4.17. The first-order valence-corrected chi connectivity index (χ1v) is 6.39. The average molecular weight is 186 g/mol. The molecular formula is C2H9BO5P2. The predicted octanol–water partition coefficient (Wildman–Crippen LogP) is 0.403. The molecule has 8 heteroatoms. The van der Waals surface area contributed by atoms with Crippen molar-refractivity contribution in [2.45, 2.75) is 6.82 Å². The molecule has 60 valence electrons. The molecule has 0 radical (unpaired) electrons. The normalized spacial score (nSPS) is 18.0. The van der Waals surface area contributed by atoms with Crippen molar-refractivity contribution in [3.8, 4) is 0 Å². The van der Waals surface area contributed by atoms with Crippen LogP contribution in [0.2, 0.25) is 6.82 Å². The summed E-state index contributed by atoms with van der Waals surface area (Å²) < 4.78 is 25.0. The lowest BCUT2D eigenvalue weighted by atomic mass is 10.2. The predicted molar refractivity (Wildman–Crippen MR) is 39.7 cm³/mol. The fraction of sp³-hybridized carbons (Fsp3) is 1.00. The molecule has 10 heavy (non-hydrogen) atoms. The van der Waals surface area contributed by atoms with E-state index < -0.39 is 15.1 Å². The lowest BCUT2D eigenvalue weighted by Crippen LogP contribution is -1.91. The Hall–Kier alpha value is 0.405. The molecule has 0 saturated heterocycles. The molecule has 0 aromatic carbocycles. The third-order valence-corrected chi connectivity index (χ3v) is 4.24. The van der Waals surface area contributed by atoms with Gasteiger partial charge >= 0.3 is 7.82 Å². The monoisotopic (exact) mass is 186 g/mol. The van der Waals surface area contributed by atoms with Gasteiger partial charge in [0.2, 0.25) is 7.00 Å². The van der Waals surface area contributed by atoms with Gasteiger partial charge in [-0.2, -0.15) is 0 Å². The Labute approximate surface area is 59.7 Å². The lowest BCUT2D eigenvalue weighted by Gasteiger charge is -2.10. The molecule has 0 spiro atoms. The quantitative estimate of drug-likeness (QED) is 0.492. The molecule has 0 aromatic rings. The topological polar surface area (TPSA) is 83.8 Å². The number of rotatable bonds is 3. The van der Waals surface area contributed by atoms with Crippen molar-refractivity contribution in [3.63, 3.8) is 0 Å². The van der Waals surface area contributed by atoms with Crippen LogP contribution in [0.3, 0.4) is 0 Å². The van der Waals surface area contributed by atoms with Crippen LogP contribution >= 0.6 is 15.1 Å². The van der Waals surface area contributed by atoms with Crippen molar-refractivity contribution < 1.29 is 23.2 Å². The third kappa shape index (κ3) is 5.21. The van der Waals surface area contributed by atoms with Gasteiger partial charge < -0.3 is 14.4 Å². The molecule has 1 atom stereocenters. The summed E-state index contributed by atoms with van der Waals surface area (Å²) in [4.78, 5) is 16.4. The fourth-order valence-corrected chi connectivity index (χ4v) is 2.54. The second-order valence-corrected chi connectivity index (χ2v) is 6.20. The second-order valence-electron chi connectivity index (χ2n) is 1.90. The van der Waals surface area contributed by atoms with Crippen LogP contribution in [0.5, 0.6) is 0 Å². The molecule has 0 aliphatic carbocycles. The number of hydrogen-bond acceptors (Lipinski definition) is 3. The minimum absolute atomic E-state index is 0.123. The SMILES string of the molecule is CBP(C)(=O)OP(=O)(O)O. The van der Waals surface area contributed by atoms with Gasteiger partial charge in [0.1, 0.15) is 0 Å². The van der Waals surface area contributed by atoms with Crippen LogP contribution in [0.25, 0.3) is 0 Å². The van der Waals surface area contributed by atoms with Gasteiger partial charge in [0.15, 0.2) is 7.25 Å². The third-order valence-electron chi connectivity index (χ3n) is 0.854. The fourth-order valence-electron chi connectivity index (χ4n) is 0.283. The summed E-state index contributed by atoms with van der Waals surface area (Å²) in [6.07, 6.45) is 0. The first-order valence-electron chi connectivity index (χ1n) is 2.60. The Morgan fingerprint density at radius 2 is 1.80 bits per heavy atom. The van der Waals surface area contributed by atoms with Crippen LogP contribution in [-0.2, 0) is 13.4 Å². The molecule has 0 aliphatic rings. The minimum Gasteiger partial charge on any atom is -0.304 e. The zero-order valence-corrected chi connectivity index (χ0v) is 7.51.